The van der Waals surface area contributed by atoms with Crippen LogP contribution >= 0.6 is 20.7 Å². The first-order valence-corrected chi connectivity index (χ1v) is 14.6. The van der Waals surface area contributed by atoms with Crippen LogP contribution in [0.5, 0.6) is 11.5 Å². The Kier molecular flexibility index (Phi) is 10.3. The Hall–Kier alpha value is -2.92. The summed E-state index contributed by atoms with van der Waals surface area (Å²) in [6.45, 7) is 1.47. The maximum atomic E-state index is 13.2. The van der Waals surface area contributed by atoms with Crippen LogP contribution in [0.25, 0.3) is 0 Å². The lowest BCUT2D eigenvalue weighted by Crippen LogP contribution is -2.38. The molecule has 2 atom stereocenters. The molecule has 3 aromatic carbocycles. The average Bonchev–Trinajstić information content (AvgIpc) is 2.91. The van der Waals surface area contributed by atoms with Crippen LogP contribution in [0.2, 0.25) is 0 Å². The number of methoxy groups -OCH3 is 2. The molecule has 1 amide bonds. The van der Waals surface area contributed by atoms with Crippen LogP contribution in [-0.2, 0) is 17.4 Å². The molecule has 0 saturated carbocycles. The van der Waals surface area contributed by atoms with E-state index in [2.05, 4.69) is 15.1 Å². The first-order valence-electron chi connectivity index (χ1n) is 12.0. The number of aryl methyl sites for hydroxylation is 2. The van der Waals surface area contributed by atoms with Gasteiger partial charge in [0, 0.05) is 16.7 Å². The Morgan fingerprint density at radius 1 is 0.974 bits per heavy atom. The largest absolute Gasteiger partial charge is 0.493 e. The highest BCUT2D eigenvalue weighted by Crippen LogP contribution is 2.35. The fraction of sp³-hybridized carbons (Fsp3) is 0.310. The molecule has 5 nitrogen and oxygen atoms in total. The minimum absolute atomic E-state index is 0.183. The van der Waals surface area contributed by atoms with Gasteiger partial charge in [-0.15, -0.1) is 0 Å². The third kappa shape index (κ3) is 7.35. The van der Waals surface area contributed by atoms with E-state index in [0.717, 1.165) is 26.3 Å². The number of hydrogen-bond donors (Lipinski definition) is 2. The summed E-state index contributed by atoms with van der Waals surface area (Å²) >= 11 is -0.320. The van der Waals surface area contributed by atoms with Crippen LogP contribution in [0.15, 0.2) is 60.7 Å². The van der Waals surface area contributed by atoms with Crippen molar-refractivity contribution >= 4 is 31.2 Å². The van der Waals surface area contributed by atoms with E-state index in [1.54, 1.807) is 33.4 Å². The molecule has 0 heterocycles. The number of nitrogens with one attached hydrogen (secondary N) is 2. The lowest BCUT2D eigenvalue weighted by atomic mass is 9.94. The van der Waals surface area contributed by atoms with Crippen molar-refractivity contribution in [3.8, 4) is 11.5 Å². The van der Waals surface area contributed by atoms with Crippen molar-refractivity contribution in [2.24, 2.45) is 0 Å². The van der Waals surface area contributed by atoms with Crippen LogP contribution in [0, 0.1) is 10.5 Å². The maximum absolute atomic E-state index is 13.2. The van der Waals surface area contributed by atoms with Gasteiger partial charge in [0.1, 0.15) is 6.04 Å². The molecule has 0 aliphatic rings. The average molecular weight is 640 g/mol. The highest BCUT2D eigenvalue weighted by Gasteiger charge is 2.32. The van der Waals surface area contributed by atoms with Gasteiger partial charge in [-0.05, 0) is 72.4 Å². The molecule has 0 bridgehead atoms. The molecule has 0 spiro atoms. The lowest BCUT2D eigenvalue weighted by Gasteiger charge is -2.26. The zero-order valence-corrected chi connectivity index (χ0v) is 23.9. The summed E-state index contributed by atoms with van der Waals surface area (Å²) in [6.07, 6.45) is -3.37. The fourth-order valence-corrected chi connectivity index (χ4v) is 5.21. The number of ether oxygens (including phenoxy) is 2. The van der Waals surface area contributed by atoms with Gasteiger partial charge < -0.3 is 14.8 Å². The van der Waals surface area contributed by atoms with Crippen LogP contribution in [0.1, 0.15) is 46.3 Å². The van der Waals surface area contributed by atoms with Gasteiger partial charge in [-0.1, -0.05) is 55.6 Å². The van der Waals surface area contributed by atoms with Crippen LogP contribution in [0.3, 0.4) is 0 Å². The third-order valence-corrected chi connectivity index (χ3v) is 7.96. The zero-order valence-electron chi connectivity index (χ0n) is 21.8. The predicted octanol–water partition coefficient (Wildman–Crippen LogP) is 6.35. The SMILES string of the molecule is C=Ic1ccc([C@@H](N[C@@H](CCc2ccc(C(F)(F)F)c(C)c2)c2ccc(OC)c(OC)c2)C(=O)NC)cc1. The van der Waals surface area contributed by atoms with Crippen LogP contribution in [0.4, 0.5) is 13.2 Å². The van der Waals surface area contributed by atoms with E-state index in [1.165, 1.54) is 13.0 Å². The molecule has 9 heteroatoms. The monoisotopic (exact) mass is 640 g/mol. The van der Waals surface area contributed by atoms with Crippen LogP contribution < -0.4 is 20.1 Å². The number of rotatable bonds is 11. The van der Waals surface area contributed by atoms with Gasteiger partial charge in [0.15, 0.2) is 11.5 Å². The van der Waals surface area contributed by atoms with Crippen molar-refractivity contribution in [3.05, 3.63) is 92.1 Å². The smallest absolute Gasteiger partial charge is 0.416 e. The highest BCUT2D eigenvalue weighted by atomic mass is 127. The van der Waals surface area contributed by atoms with Crippen molar-refractivity contribution < 1.29 is 27.4 Å². The summed E-state index contributed by atoms with van der Waals surface area (Å²) < 4.78 is 55.8. The maximum Gasteiger partial charge on any atom is 0.416 e. The summed E-state index contributed by atoms with van der Waals surface area (Å²) in [7, 11) is 4.69. The molecule has 3 rings (SSSR count). The molecule has 0 aliphatic carbocycles. The number of hydrogen-bond acceptors (Lipinski definition) is 4. The zero-order chi connectivity index (χ0) is 27.9. The van der Waals surface area contributed by atoms with E-state index in [0.29, 0.717) is 24.3 Å². The Bertz CT molecular complexity index is 1260. The van der Waals surface area contributed by atoms with E-state index >= 15 is 0 Å². The summed E-state index contributed by atoms with van der Waals surface area (Å²) in [5.74, 6) is 0.920. The van der Waals surface area contributed by atoms with Crippen molar-refractivity contribution in [2.45, 2.75) is 38.0 Å². The fourth-order valence-electron chi connectivity index (χ4n) is 4.34. The molecule has 0 fully saturated rings. The quantitative estimate of drug-likeness (QED) is 0.240. The number of amides is 1. The first-order chi connectivity index (χ1) is 18.1. The number of benzene rings is 3. The molecular weight excluding hydrogens is 608 g/mol. The second-order valence-electron chi connectivity index (χ2n) is 8.75. The van der Waals surface area contributed by atoms with Crippen molar-refractivity contribution in [1.29, 1.82) is 0 Å². The van der Waals surface area contributed by atoms with Gasteiger partial charge in [-0.3, -0.25) is 10.1 Å². The minimum Gasteiger partial charge on any atom is -0.493 e. The van der Waals surface area contributed by atoms with Crippen molar-refractivity contribution in [1.82, 2.24) is 10.6 Å². The van der Waals surface area contributed by atoms with E-state index in [9.17, 15) is 18.0 Å². The molecule has 204 valence electrons. The molecule has 3 aromatic rings. The second-order valence-corrected chi connectivity index (χ2v) is 10.8. The summed E-state index contributed by atoms with van der Waals surface area (Å²) in [5, 5.41) is 6.22. The predicted molar refractivity (Wildman–Crippen MR) is 153 cm³/mol. The first kappa shape index (κ1) is 29.6. The molecule has 2 N–H and O–H groups in total. The standard InChI is InChI=1S/C29H32F3IN2O3/c1-18-16-19(6-13-23(18)29(30,31)32)7-14-24(21-10-15-25(37-4)26(17-21)38-5)35-27(28(36)34-3)20-8-11-22(33-2)12-9-20/h6,8-13,15-17,24,27,35H,2,7,14H2,1,3-5H3,(H,34,36)/t24-,27+/m0/s1. The highest BCUT2D eigenvalue weighted by molar-refractivity contribution is 14.2. The van der Waals surface area contributed by atoms with Gasteiger partial charge in [-0.25, -0.2) is 0 Å². The topological polar surface area (TPSA) is 59.6 Å². The molecule has 0 unspecified atom stereocenters. The van der Waals surface area contributed by atoms with Gasteiger partial charge in [0.2, 0.25) is 5.91 Å². The summed E-state index contributed by atoms with van der Waals surface area (Å²) in [5.41, 5.74) is 2.00. The van der Waals surface area contributed by atoms with Gasteiger partial charge in [0.25, 0.3) is 0 Å². The number of halogens is 4. The van der Waals surface area contributed by atoms with E-state index in [-0.39, 0.29) is 38.2 Å². The molecule has 0 radical (unpaired) electrons. The Labute approximate surface area is 231 Å². The van der Waals surface area contributed by atoms with Crippen molar-refractivity contribution in [3.63, 3.8) is 0 Å². The normalized spacial score (nSPS) is 13.0. The molecule has 38 heavy (non-hydrogen) atoms. The Morgan fingerprint density at radius 2 is 1.63 bits per heavy atom. The molecule has 0 saturated heterocycles. The van der Waals surface area contributed by atoms with E-state index < -0.39 is 17.8 Å². The van der Waals surface area contributed by atoms with E-state index in [4.69, 9.17) is 9.47 Å². The molecule has 0 aliphatic heterocycles. The number of carbonyl (C=O) groups excluding carboxylic acids is 1. The third-order valence-electron chi connectivity index (χ3n) is 6.36. The Balaban J connectivity index is 1.96. The minimum atomic E-state index is -4.39. The van der Waals surface area contributed by atoms with Gasteiger partial charge >= 0.3 is 6.18 Å². The lowest BCUT2D eigenvalue weighted by molar-refractivity contribution is -0.138. The number of alkyl halides is 3. The number of carbonyl (C=O) groups is 1. The van der Waals surface area contributed by atoms with Crippen molar-refractivity contribution in [2.75, 3.05) is 21.3 Å². The molecule has 0 aromatic heterocycles. The summed E-state index contributed by atoms with van der Waals surface area (Å²) in [6, 6.07) is 16.6. The number of likely N-dealkylation sites (N-methyl/N-ethyl adjacent to an activating group) is 1. The van der Waals surface area contributed by atoms with E-state index in [1.807, 2.05) is 36.4 Å². The molecular formula is C29H32F3IN2O3. The van der Waals surface area contributed by atoms with Gasteiger partial charge in [0.05, 0.1) is 19.8 Å². The summed E-state index contributed by atoms with van der Waals surface area (Å²) in [4.78, 5) is 13.0. The Morgan fingerprint density at radius 3 is 2.18 bits per heavy atom. The van der Waals surface area contributed by atoms with Gasteiger partial charge in [-0.2, -0.15) is 13.2 Å². The second kappa shape index (κ2) is 13.2. The van der Waals surface area contributed by atoms with Crippen LogP contribution in [-0.4, -0.2) is 31.7 Å².